The zero-order chi connectivity index (χ0) is 12.4. The van der Waals surface area contributed by atoms with E-state index in [4.69, 9.17) is 4.52 Å². The lowest BCUT2D eigenvalue weighted by Crippen LogP contribution is -2.44. The lowest BCUT2D eigenvalue weighted by Gasteiger charge is -2.35. The molecule has 0 bridgehead atoms. The minimum absolute atomic E-state index is 0.667. The number of fused-ring (bicyclic) bond motifs is 1. The number of rotatable bonds is 4. The molecule has 18 heavy (non-hydrogen) atoms. The number of aromatic nitrogens is 2. The van der Waals surface area contributed by atoms with Gasteiger partial charge in [-0.1, -0.05) is 12.1 Å². The Morgan fingerprint density at radius 3 is 3.28 bits per heavy atom. The number of piperidine rings is 1. The first kappa shape index (κ1) is 12.1. The van der Waals surface area contributed by atoms with Crippen LogP contribution in [0.2, 0.25) is 0 Å². The molecule has 0 aromatic carbocycles. The summed E-state index contributed by atoms with van der Waals surface area (Å²) < 4.78 is 5.35. The summed E-state index contributed by atoms with van der Waals surface area (Å²) in [6, 6.07) is 0.667. The molecule has 0 amide bonds. The molecule has 5 heteroatoms. The zero-order valence-electron chi connectivity index (χ0n) is 11.1. The summed E-state index contributed by atoms with van der Waals surface area (Å²) in [5, 5.41) is 7.53. The van der Waals surface area contributed by atoms with E-state index < -0.39 is 0 Å². The Bertz CT molecular complexity index is 392. The van der Waals surface area contributed by atoms with Crippen molar-refractivity contribution in [2.45, 2.75) is 45.2 Å². The molecular formula is C13H22N4O. The van der Waals surface area contributed by atoms with Gasteiger partial charge in [0.15, 0.2) is 5.82 Å². The Morgan fingerprint density at radius 2 is 2.39 bits per heavy atom. The van der Waals surface area contributed by atoms with E-state index in [-0.39, 0.29) is 0 Å². The van der Waals surface area contributed by atoms with E-state index in [1.165, 1.54) is 19.4 Å². The molecule has 2 fully saturated rings. The van der Waals surface area contributed by atoms with E-state index >= 15 is 0 Å². The molecule has 3 rings (SSSR count). The van der Waals surface area contributed by atoms with Gasteiger partial charge in [0.1, 0.15) is 0 Å². The van der Waals surface area contributed by atoms with Crippen molar-refractivity contribution in [3.05, 3.63) is 11.7 Å². The highest BCUT2D eigenvalue weighted by Crippen LogP contribution is 2.27. The molecule has 2 atom stereocenters. The van der Waals surface area contributed by atoms with Crippen molar-refractivity contribution in [2.75, 3.05) is 19.6 Å². The molecule has 3 heterocycles. The van der Waals surface area contributed by atoms with Crippen LogP contribution < -0.4 is 5.32 Å². The summed E-state index contributed by atoms with van der Waals surface area (Å²) in [6.07, 6.45) is 4.63. The third-order valence-corrected chi connectivity index (χ3v) is 4.12. The third kappa shape index (κ3) is 2.42. The number of hydrogen-bond donors (Lipinski definition) is 1. The van der Waals surface area contributed by atoms with Gasteiger partial charge in [-0.3, -0.25) is 4.90 Å². The van der Waals surface area contributed by atoms with Crippen molar-refractivity contribution >= 4 is 0 Å². The average molecular weight is 250 g/mol. The Kier molecular flexibility index (Phi) is 3.61. The van der Waals surface area contributed by atoms with Crippen LogP contribution in [0.25, 0.3) is 0 Å². The maximum atomic E-state index is 5.35. The maximum Gasteiger partial charge on any atom is 0.240 e. The van der Waals surface area contributed by atoms with Gasteiger partial charge in [0.2, 0.25) is 5.89 Å². The molecule has 2 aliphatic heterocycles. The van der Waals surface area contributed by atoms with E-state index in [1.54, 1.807) is 0 Å². The van der Waals surface area contributed by atoms with Gasteiger partial charge in [0.25, 0.3) is 0 Å². The lowest BCUT2D eigenvalue weighted by molar-refractivity contribution is 0.104. The molecular weight excluding hydrogens is 228 g/mol. The average Bonchev–Trinajstić information content (AvgIpc) is 2.99. The standard InChI is InChI=1S/C13H22N4O/c1-2-4-12-15-13(18-16-12)9-17-6-3-5-10-7-14-8-11(10)17/h10-11,14H,2-9H2,1H3. The van der Waals surface area contributed by atoms with Crippen molar-refractivity contribution in [3.8, 4) is 0 Å². The number of likely N-dealkylation sites (tertiary alicyclic amines) is 1. The van der Waals surface area contributed by atoms with Crippen LogP contribution in [0, 0.1) is 5.92 Å². The van der Waals surface area contributed by atoms with Crippen LogP contribution in [-0.4, -0.2) is 40.7 Å². The van der Waals surface area contributed by atoms with Crippen molar-refractivity contribution in [3.63, 3.8) is 0 Å². The summed E-state index contributed by atoms with van der Waals surface area (Å²) in [6.45, 7) is 6.40. The van der Waals surface area contributed by atoms with E-state index in [1.807, 2.05) is 0 Å². The van der Waals surface area contributed by atoms with Crippen LogP contribution in [0.3, 0.4) is 0 Å². The second-order valence-electron chi connectivity index (χ2n) is 5.45. The first-order valence-electron chi connectivity index (χ1n) is 7.13. The normalized spacial score (nSPS) is 28.5. The van der Waals surface area contributed by atoms with Crippen LogP contribution in [0.15, 0.2) is 4.52 Å². The molecule has 2 saturated heterocycles. The lowest BCUT2D eigenvalue weighted by atomic mass is 9.92. The number of aryl methyl sites for hydroxylation is 1. The van der Waals surface area contributed by atoms with Crippen molar-refractivity contribution in [2.24, 2.45) is 5.92 Å². The van der Waals surface area contributed by atoms with Crippen molar-refractivity contribution in [1.29, 1.82) is 0 Å². The summed E-state index contributed by atoms with van der Waals surface area (Å²) in [7, 11) is 0. The summed E-state index contributed by atoms with van der Waals surface area (Å²) in [5.41, 5.74) is 0. The Hall–Kier alpha value is -0.940. The van der Waals surface area contributed by atoms with Gasteiger partial charge in [0, 0.05) is 19.0 Å². The number of hydrogen-bond acceptors (Lipinski definition) is 5. The molecule has 1 aromatic rings. The second kappa shape index (κ2) is 5.36. The fraction of sp³-hybridized carbons (Fsp3) is 0.846. The summed E-state index contributed by atoms with van der Waals surface area (Å²) in [5.74, 6) is 2.45. The van der Waals surface area contributed by atoms with Crippen LogP contribution >= 0.6 is 0 Å². The van der Waals surface area contributed by atoms with Crippen LogP contribution in [0.1, 0.15) is 37.9 Å². The van der Waals surface area contributed by atoms with Crippen LogP contribution in [-0.2, 0) is 13.0 Å². The minimum Gasteiger partial charge on any atom is -0.338 e. The molecule has 0 saturated carbocycles. The fourth-order valence-electron chi connectivity index (χ4n) is 3.21. The predicted octanol–water partition coefficient (Wildman–Crippen LogP) is 1.21. The first-order valence-corrected chi connectivity index (χ1v) is 7.13. The van der Waals surface area contributed by atoms with Gasteiger partial charge in [-0.25, -0.2) is 0 Å². The van der Waals surface area contributed by atoms with Crippen molar-refractivity contribution in [1.82, 2.24) is 20.4 Å². The molecule has 0 radical (unpaired) electrons. The fourth-order valence-corrected chi connectivity index (χ4v) is 3.21. The second-order valence-corrected chi connectivity index (χ2v) is 5.45. The molecule has 0 spiro atoms. The maximum absolute atomic E-state index is 5.35. The monoisotopic (exact) mass is 250 g/mol. The molecule has 1 aromatic heterocycles. The van der Waals surface area contributed by atoms with E-state index in [2.05, 4.69) is 27.3 Å². The van der Waals surface area contributed by atoms with E-state index in [0.717, 1.165) is 50.1 Å². The molecule has 5 nitrogen and oxygen atoms in total. The SMILES string of the molecule is CCCc1noc(CN2CCCC3CNCC32)n1. The van der Waals surface area contributed by atoms with Crippen LogP contribution in [0.4, 0.5) is 0 Å². The van der Waals surface area contributed by atoms with E-state index in [9.17, 15) is 0 Å². The van der Waals surface area contributed by atoms with Gasteiger partial charge in [-0.2, -0.15) is 4.98 Å². The number of nitrogens with zero attached hydrogens (tertiary/aromatic N) is 3. The first-order chi connectivity index (χ1) is 8.86. The molecule has 1 N–H and O–H groups in total. The third-order valence-electron chi connectivity index (χ3n) is 4.12. The highest BCUT2D eigenvalue weighted by Gasteiger charge is 2.35. The van der Waals surface area contributed by atoms with Gasteiger partial charge in [0.05, 0.1) is 6.54 Å². The number of nitrogens with one attached hydrogen (secondary N) is 1. The van der Waals surface area contributed by atoms with Crippen molar-refractivity contribution < 1.29 is 4.52 Å². The smallest absolute Gasteiger partial charge is 0.240 e. The largest absolute Gasteiger partial charge is 0.338 e. The van der Waals surface area contributed by atoms with E-state index in [0.29, 0.717) is 6.04 Å². The van der Waals surface area contributed by atoms with Crippen LogP contribution in [0.5, 0.6) is 0 Å². The highest BCUT2D eigenvalue weighted by molar-refractivity contribution is 4.94. The predicted molar refractivity (Wildman–Crippen MR) is 68.1 cm³/mol. The molecule has 2 unspecified atom stereocenters. The zero-order valence-corrected chi connectivity index (χ0v) is 11.1. The Labute approximate surface area is 108 Å². The minimum atomic E-state index is 0.667. The van der Waals surface area contributed by atoms with Gasteiger partial charge in [-0.15, -0.1) is 0 Å². The molecule has 0 aliphatic carbocycles. The quantitative estimate of drug-likeness (QED) is 0.870. The van der Waals surface area contributed by atoms with Gasteiger partial charge in [-0.05, 0) is 38.3 Å². The highest BCUT2D eigenvalue weighted by atomic mass is 16.5. The molecule has 2 aliphatic rings. The molecule has 100 valence electrons. The summed E-state index contributed by atoms with van der Waals surface area (Å²) in [4.78, 5) is 6.98. The summed E-state index contributed by atoms with van der Waals surface area (Å²) >= 11 is 0. The van der Waals surface area contributed by atoms with Gasteiger partial charge >= 0.3 is 0 Å². The Morgan fingerprint density at radius 1 is 1.44 bits per heavy atom. The topological polar surface area (TPSA) is 54.2 Å². The van der Waals surface area contributed by atoms with Gasteiger partial charge < -0.3 is 9.84 Å². The Balaban J connectivity index is 1.63.